The van der Waals surface area contributed by atoms with Gasteiger partial charge < -0.3 is 28.4 Å². The van der Waals surface area contributed by atoms with E-state index in [-0.39, 0.29) is 36.0 Å². The summed E-state index contributed by atoms with van der Waals surface area (Å²) in [6.45, 7) is 0. The summed E-state index contributed by atoms with van der Waals surface area (Å²) < 4.78 is 34.3. The zero-order chi connectivity index (χ0) is 29.3. The number of hydrogen-bond donors (Lipinski definition) is 0. The molecule has 0 N–H and O–H groups in total. The third kappa shape index (κ3) is 8.48. The minimum Gasteiger partial charge on any atom is -0.490 e. The van der Waals surface area contributed by atoms with E-state index in [1.54, 1.807) is 38.5 Å². The third-order valence-corrected chi connectivity index (χ3v) is 8.99. The molecular formula is C34H44O8. The van der Waals surface area contributed by atoms with Crippen LogP contribution in [0.2, 0.25) is 0 Å². The lowest BCUT2D eigenvalue weighted by molar-refractivity contribution is -0.145. The topological polar surface area (TPSA) is 89.5 Å². The number of esters is 2. The molecule has 0 heterocycles. The number of hydrogen-bond acceptors (Lipinski definition) is 8. The Bertz CT molecular complexity index is 1030. The van der Waals surface area contributed by atoms with E-state index in [1.165, 1.54) is 0 Å². The number of carbonyl (C=O) groups excluding carboxylic acids is 2. The van der Waals surface area contributed by atoms with Gasteiger partial charge in [0, 0.05) is 14.2 Å². The SMILES string of the molecule is COC1CCC(Oc2ccc(OC(=O)C3CCC(C(=O)Oc4ccc(OC5CCC(OC)CC5)cc4)CC3)cc2)CC1. The monoisotopic (exact) mass is 580 g/mol. The lowest BCUT2D eigenvalue weighted by Crippen LogP contribution is -2.30. The summed E-state index contributed by atoms with van der Waals surface area (Å²) in [7, 11) is 3.52. The van der Waals surface area contributed by atoms with Gasteiger partial charge in [0.1, 0.15) is 23.0 Å². The van der Waals surface area contributed by atoms with Crippen LogP contribution in [0, 0.1) is 11.8 Å². The van der Waals surface area contributed by atoms with Crippen molar-refractivity contribution in [3.63, 3.8) is 0 Å². The Labute approximate surface area is 249 Å². The number of rotatable bonds is 10. The van der Waals surface area contributed by atoms with Gasteiger partial charge >= 0.3 is 11.9 Å². The first-order valence-electron chi connectivity index (χ1n) is 15.5. The Morgan fingerprint density at radius 3 is 1.05 bits per heavy atom. The standard InChI is InChI=1S/C34H44O8/c1-37-25-7-11-27(12-8-25)39-29-15-19-31(20-16-29)41-33(35)23-3-5-24(6-4-23)34(36)42-32-21-17-30(18-22-32)40-28-13-9-26(38-2)10-14-28/h15-28H,3-14H2,1-2H3. The molecule has 8 heteroatoms. The lowest BCUT2D eigenvalue weighted by atomic mass is 9.82. The number of ether oxygens (including phenoxy) is 6. The molecule has 0 radical (unpaired) electrons. The second-order valence-corrected chi connectivity index (χ2v) is 11.8. The lowest BCUT2D eigenvalue weighted by Gasteiger charge is -2.28. The van der Waals surface area contributed by atoms with Gasteiger partial charge in [0.2, 0.25) is 0 Å². The summed E-state index contributed by atoms with van der Waals surface area (Å²) in [6, 6.07) is 14.5. The number of carbonyl (C=O) groups is 2. The van der Waals surface area contributed by atoms with Gasteiger partial charge in [-0.15, -0.1) is 0 Å². The van der Waals surface area contributed by atoms with Gasteiger partial charge in [-0.3, -0.25) is 9.59 Å². The molecule has 228 valence electrons. The number of benzene rings is 2. The fourth-order valence-corrected chi connectivity index (χ4v) is 6.29. The highest BCUT2D eigenvalue weighted by atomic mass is 16.5. The smallest absolute Gasteiger partial charge is 0.314 e. The average molecular weight is 581 g/mol. The molecule has 0 aliphatic heterocycles. The van der Waals surface area contributed by atoms with Crippen LogP contribution in [-0.4, -0.2) is 50.6 Å². The molecule has 0 spiro atoms. The zero-order valence-electron chi connectivity index (χ0n) is 24.8. The van der Waals surface area contributed by atoms with E-state index in [2.05, 4.69) is 0 Å². The molecule has 3 saturated carbocycles. The predicted octanol–water partition coefficient (Wildman–Crippen LogP) is 6.68. The van der Waals surface area contributed by atoms with Gasteiger partial charge in [0.15, 0.2) is 0 Å². The summed E-state index contributed by atoms with van der Waals surface area (Å²) in [4.78, 5) is 25.6. The molecule has 0 aromatic heterocycles. The molecule has 8 nitrogen and oxygen atoms in total. The second-order valence-electron chi connectivity index (χ2n) is 11.8. The fourth-order valence-electron chi connectivity index (χ4n) is 6.29. The highest BCUT2D eigenvalue weighted by Crippen LogP contribution is 2.33. The molecular weight excluding hydrogens is 536 g/mol. The van der Waals surface area contributed by atoms with Gasteiger partial charge in [0.05, 0.1) is 36.3 Å². The molecule has 2 aromatic carbocycles. The van der Waals surface area contributed by atoms with E-state index >= 15 is 0 Å². The van der Waals surface area contributed by atoms with Crippen LogP contribution >= 0.6 is 0 Å². The first-order valence-corrected chi connectivity index (χ1v) is 15.5. The molecule has 42 heavy (non-hydrogen) atoms. The molecule has 0 saturated heterocycles. The fraction of sp³-hybridized carbons (Fsp3) is 0.588. The first-order chi connectivity index (χ1) is 20.5. The van der Waals surface area contributed by atoms with Crippen molar-refractivity contribution in [2.45, 2.75) is 101 Å². The Morgan fingerprint density at radius 1 is 0.452 bits per heavy atom. The molecule has 5 rings (SSSR count). The number of methoxy groups -OCH3 is 2. The van der Waals surface area contributed by atoms with Crippen LogP contribution in [0.1, 0.15) is 77.0 Å². The maximum absolute atomic E-state index is 12.8. The van der Waals surface area contributed by atoms with Gasteiger partial charge in [0.25, 0.3) is 0 Å². The quantitative estimate of drug-likeness (QED) is 0.227. The Morgan fingerprint density at radius 2 is 0.738 bits per heavy atom. The third-order valence-electron chi connectivity index (χ3n) is 8.99. The van der Waals surface area contributed by atoms with E-state index in [1.807, 2.05) is 24.3 Å². The molecule has 0 bridgehead atoms. The molecule has 0 amide bonds. The minimum absolute atomic E-state index is 0.191. The van der Waals surface area contributed by atoms with Crippen LogP contribution in [0.4, 0.5) is 0 Å². The zero-order valence-corrected chi connectivity index (χ0v) is 24.8. The highest BCUT2D eigenvalue weighted by molar-refractivity contribution is 5.77. The Kier molecular flexibility index (Phi) is 10.8. The molecule has 2 aromatic rings. The predicted molar refractivity (Wildman–Crippen MR) is 157 cm³/mol. The maximum Gasteiger partial charge on any atom is 0.314 e. The molecule has 3 fully saturated rings. The minimum atomic E-state index is -0.250. The van der Waals surface area contributed by atoms with Gasteiger partial charge in [-0.05, 0) is 126 Å². The van der Waals surface area contributed by atoms with Crippen molar-refractivity contribution in [1.29, 1.82) is 0 Å². The van der Waals surface area contributed by atoms with Crippen LogP contribution in [0.25, 0.3) is 0 Å². The summed E-state index contributed by atoms with van der Waals surface area (Å²) in [5, 5.41) is 0. The highest BCUT2D eigenvalue weighted by Gasteiger charge is 2.32. The largest absolute Gasteiger partial charge is 0.490 e. The summed E-state index contributed by atoms with van der Waals surface area (Å²) in [5.41, 5.74) is 0. The van der Waals surface area contributed by atoms with Crippen LogP contribution in [0.3, 0.4) is 0 Å². The average Bonchev–Trinajstić information content (AvgIpc) is 3.03. The van der Waals surface area contributed by atoms with Crippen LogP contribution in [0.5, 0.6) is 23.0 Å². The molecule has 3 aliphatic carbocycles. The van der Waals surface area contributed by atoms with Crippen molar-refractivity contribution in [3.05, 3.63) is 48.5 Å². The van der Waals surface area contributed by atoms with E-state index < -0.39 is 0 Å². The Balaban J connectivity index is 1.01. The van der Waals surface area contributed by atoms with Crippen LogP contribution in [0.15, 0.2) is 48.5 Å². The van der Waals surface area contributed by atoms with Crippen molar-refractivity contribution < 1.29 is 38.0 Å². The van der Waals surface area contributed by atoms with Crippen molar-refractivity contribution in [1.82, 2.24) is 0 Å². The second kappa shape index (κ2) is 14.9. The van der Waals surface area contributed by atoms with Crippen molar-refractivity contribution in [2.75, 3.05) is 14.2 Å². The van der Waals surface area contributed by atoms with Gasteiger partial charge in [-0.2, -0.15) is 0 Å². The Hall–Kier alpha value is -3.10. The maximum atomic E-state index is 12.8. The summed E-state index contributed by atoms with van der Waals surface area (Å²) in [6.07, 6.45) is 11.4. The molecule has 3 aliphatic rings. The normalized spacial score (nSPS) is 28.0. The van der Waals surface area contributed by atoms with Crippen molar-refractivity contribution >= 4 is 11.9 Å². The van der Waals surface area contributed by atoms with E-state index in [4.69, 9.17) is 28.4 Å². The summed E-state index contributed by atoms with van der Waals surface area (Å²) >= 11 is 0. The van der Waals surface area contributed by atoms with Gasteiger partial charge in [-0.25, -0.2) is 0 Å². The van der Waals surface area contributed by atoms with Crippen molar-refractivity contribution in [3.8, 4) is 23.0 Å². The van der Waals surface area contributed by atoms with Gasteiger partial charge in [-0.1, -0.05) is 0 Å². The molecule has 0 unspecified atom stereocenters. The van der Waals surface area contributed by atoms with Crippen LogP contribution in [-0.2, 0) is 19.1 Å². The van der Waals surface area contributed by atoms with Crippen molar-refractivity contribution in [2.24, 2.45) is 11.8 Å². The van der Waals surface area contributed by atoms with E-state index in [0.717, 1.165) is 62.9 Å². The van der Waals surface area contributed by atoms with Crippen LogP contribution < -0.4 is 18.9 Å². The van der Waals surface area contributed by atoms with E-state index in [9.17, 15) is 9.59 Å². The molecule has 0 atom stereocenters. The summed E-state index contributed by atoms with van der Waals surface area (Å²) in [5.74, 6) is 1.62. The van der Waals surface area contributed by atoms with E-state index in [0.29, 0.717) is 49.4 Å². The first kappa shape index (κ1) is 30.4.